The Bertz CT molecular complexity index is 314. The lowest BCUT2D eigenvalue weighted by atomic mass is 10.1. The van der Waals surface area contributed by atoms with Crippen LogP contribution in [0, 0.1) is 12.3 Å². The van der Waals surface area contributed by atoms with Gasteiger partial charge in [0.1, 0.15) is 0 Å². The monoisotopic (exact) mass is 172 g/mol. The molecule has 1 heteroatoms. The van der Waals surface area contributed by atoms with Crippen molar-refractivity contribution in [3.05, 3.63) is 41.5 Å². The quantitative estimate of drug-likeness (QED) is 0.636. The molecule has 0 aliphatic heterocycles. The average Bonchev–Trinajstić information content (AvgIpc) is 2.19. The van der Waals surface area contributed by atoms with Crippen molar-refractivity contribution in [3.63, 3.8) is 0 Å². The molecule has 0 amide bonds. The van der Waals surface area contributed by atoms with Crippen LogP contribution < -0.4 is 0 Å². The highest BCUT2D eigenvalue weighted by atomic mass is 16.5. The van der Waals surface area contributed by atoms with Crippen LogP contribution >= 0.6 is 0 Å². The van der Waals surface area contributed by atoms with Crippen molar-refractivity contribution in [2.45, 2.75) is 0 Å². The first kappa shape index (κ1) is 9.57. The molecule has 0 aliphatic rings. The standard InChI is InChI=1S/C12H12O/c1-3-11-6-8-12(9-7-11)5-4-10-13-2/h1,4-9H,10H2,2H3/b5-4+. The van der Waals surface area contributed by atoms with Gasteiger partial charge in [-0.3, -0.25) is 0 Å². The van der Waals surface area contributed by atoms with Gasteiger partial charge in [0.15, 0.2) is 0 Å². The molecule has 0 fully saturated rings. The number of hydrogen-bond acceptors (Lipinski definition) is 1. The van der Waals surface area contributed by atoms with E-state index in [1.807, 2.05) is 36.4 Å². The van der Waals surface area contributed by atoms with Crippen molar-refractivity contribution in [3.8, 4) is 12.3 Å². The van der Waals surface area contributed by atoms with Crippen LogP contribution in [-0.2, 0) is 4.74 Å². The minimum atomic E-state index is 0.636. The van der Waals surface area contributed by atoms with Crippen LogP contribution in [0.5, 0.6) is 0 Å². The highest BCUT2D eigenvalue weighted by Crippen LogP contribution is 2.04. The molecule has 1 nitrogen and oxygen atoms in total. The number of rotatable bonds is 3. The van der Waals surface area contributed by atoms with E-state index in [1.165, 1.54) is 0 Å². The molecule has 0 saturated heterocycles. The molecule has 0 aliphatic carbocycles. The molecule has 1 rings (SSSR count). The van der Waals surface area contributed by atoms with Gasteiger partial charge in [-0.1, -0.05) is 30.2 Å². The van der Waals surface area contributed by atoms with Crippen LogP contribution in [-0.4, -0.2) is 13.7 Å². The van der Waals surface area contributed by atoms with Crippen molar-refractivity contribution >= 4 is 6.08 Å². The fraction of sp³-hybridized carbons (Fsp3) is 0.167. The van der Waals surface area contributed by atoms with Gasteiger partial charge in [0.25, 0.3) is 0 Å². The highest BCUT2D eigenvalue weighted by Gasteiger charge is 1.86. The van der Waals surface area contributed by atoms with Crippen molar-refractivity contribution in [2.75, 3.05) is 13.7 Å². The molecule has 0 heterocycles. The zero-order valence-corrected chi connectivity index (χ0v) is 7.66. The number of ether oxygens (including phenoxy) is 1. The third-order valence-corrected chi connectivity index (χ3v) is 1.65. The normalized spacial score (nSPS) is 10.2. The first-order valence-corrected chi connectivity index (χ1v) is 4.09. The number of hydrogen-bond donors (Lipinski definition) is 0. The topological polar surface area (TPSA) is 9.23 Å². The van der Waals surface area contributed by atoms with Gasteiger partial charge < -0.3 is 4.74 Å². The summed E-state index contributed by atoms with van der Waals surface area (Å²) in [6, 6.07) is 7.82. The first-order valence-electron chi connectivity index (χ1n) is 4.09. The van der Waals surface area contributed by atoms with E-state index < -0.39 is 0 Å². The minimum absolute atomic E-state index is 0.636. The Hall–Kier alpha value is -1.52. The molecular formula is C12H12O. The van der Waals surface area contributed by atoms with Crippen LogP contribution in [0.2, 0.25) is 0 Å². The zero-order chi connectivity index (χ0) is 9.52. The average molecular weight is 172 g/mol. The molecule has 0 aromatic heterocycles. The first-order chi connectivity index (χ1) is 6.36. The predicted octanol–water partition coefficient (Wildman–Crippen LogP) is 2.33. The molecule has 0 saturated carbocycles. The Morgan fingerprint density at radius 1 is 1.38 bits per heavy atom. The van der Waals surface area contributed by atoms with Crippen LogP contribution in [0.1, 0.15) is 11.1 Å². The van der Waals surface area contributed by atoms with Crippen molar-refractivity contribution in [1.82, 2.24) is 0 Å². The van der Waals surface area contributed by atoms with E-state index in [0.717, 1.165) is 11.1 Å². The zero-order valence-electron chi connectivity index (χ0n) is 7.66. The second-order valence-electron chi connectivity index (χ2n) is 2.62. The lowest BCUT2D eigenvalue weighted by Gasteiger charge is -1.93. The minimum Gasteiger partial charge on any atom is -0.381 e. The van der Waals surface area contributed by atoms with Gasteiger partial charge in [0.2, 0.25) is 0 Å². The second-order valence-corrected chi connectivity index (χ2v) is 2.62. The fourth-order valence-electron chi connectivity index (χ4n) is 0.971. The summed E-state index contributed by atoms with van der Waals surface area (Å²) in [5.41, 5.74) is 2.04. The maximum absolute atomic E-state index is 5.23. The van der Waals surface area contributed by atoms with E-state index in [4.69, 9.17) is 11.2 Å². The van der Waals surface area contributed by atoms with Gasteiger partial charge in [0, 0.05) is 12.7 Å². The molecule has 0 radical (unpaired) electrons. The summed E-state index contributed by atoms with van der Waals surface area (Å²) in [7, 11) is 1.67. The summed E-state index contributed by atoms with van der Waals surface area (Å²) in [4.78, 5) is 0. The van der Waals surface area contributed by atoms with Crippen molar-refractivity contribution < 1.29 is 4.74 Å². The molecule has 13 heavy (non-hydrogen) atoms. The van der Waals surface area contributed by atoms with Gasteiger partial charge in [0.05, 0.1) is 6.61 Å². The van der Waals surface area contributed by atoms with Crippen molar-refractivity contribution in [2.24, 2.45) is 0 Å². The lowest BCUT2D eigenvalue weighted by molar-refractivity contribution is 0.234. The van der Waals surface area contributed by atoms with Gasteiger partial charge >= 0.3 is 0 Å². The molecular weight excluding hydrogens is 160 g/mol. The fourth-order valence-corrected chi connectivity index (χ4v) is 0.971. The van der Waals surface area contributed by atoms with Crippen LogP contribution in [0.15, 0.2) is 30.3 Å². The largest absolute Gasteiger partial charge is 0.381 e. The van der Waals surface area contributed by atoms with E-state index >= 15 is 0 Å². The summed E-state index contributed by atoms with van der Waals surface area (Å²) in [6.45, 7) is 0.636. The Kier molecular flexibility index (Phi) is 3.81. The molecule has 66 valence electrons. The molecule has 1 aromatic carbocycles. The third kappa shape index (κ3) is 3.14. The van der Waals surface area contributed by atoms with Gasteiger partial charge in [-0.15, -0.1) is 6.42 Å². The number of methoxy groups -OCH3 is 1. The summed E-state index contributed by atoms with van der Waals surface area (Å²) in [5.74, 6) is 2.57. The van der Waals surface area contributed by atoms with E-state index in [2.05, 4.69) is 5.92 Å². The SMILES string of the molecule is C#Cc1ccc(/C=C/COC)cc1. The van der Waals surface area contributed by atoms with E-state index in [9.17, 15) is 0 Å². The lowest BCUT2D eigenvalue weighted by Crippen LogP contribution is -1.80. The Labute approximate surface area is 79.0 Å². The predicted molar refractivity (Wildman–Crippen MR) is 55.3 cm³/mol. The van der Waals surface area contributed by atoms with Gasteiger partial charge in [-0.2, -0.15) is 0 Å². The maximum Gasteiger partial charge on any atom is 0.0646 e. The van der Waals surface area contributed by atoms with Crippen molar-refractivity contribution in [1.29, 1.82) is 0 Å². The summed E-state index contributed by atoms with van der Waals surface area (Å²) >= 11 is 0. The summed E-state index contributed by atoms with van der Waals surface area (Å²) < 4.78 is 4.89. The van der Waals surface area contributed by atoms with E-state index in [-0.39, 0.29) is 0 Å². The maximum atomic E-state index is 5.23. The molecule has 0 bridgehead atoms. The van der Waals surface area contributed by atoms with Gasteiger partial charge in [-0.05, 0) is 17.7 Å². The Morgan fingerprint density at radius 2 is 2.08 bits per heavy atom. The Balaban J connectivity index is 2.65. The summed E-state index contributed by atoms with van der Waals surface area (Å²) in [6.07, 6.45) is 9.20. The third-order valence-electron chi connectivity index (χ3n) is 1.65. The molecule has 0 spiro atoms. The number of benzene rings is 1. The second kappa shape index (κ2) is 5.18. The number of terminal acetylenes is 1. The van der Waals surface area contributed by atoms with Gasteiger partial charge in [-0.25, -0.2) is 0 Å². The molecule has 0 atom stereocenters. The molecule has 0 unspecified atom stereocenters. The van der Waals surface area contributed by atoms with E-state index in [1.54, 1.807) is 7.11 Å². The molecule has 1 aromatic rings. The smallest absolute Gasteiger partial charge is 0.0646 e. The summed E-state index contributed by atoms with van der Waals surface area (Å²) in [5, 5.41) is 0. The van der Waals surface area contributed by atoms with Crippen LogP contribution in [0.3, 0.4) is 0 Å². The van der Waals surface area contributed by atoms with E-state index in [0.29, 0.717) is 6.61 Å². The van der Waals surface area contributed by atoms with Crippen LogP contribution in [0.4, 0.5) is 0 Å². The Morgan fingerprint density at radius 3 is 2.62 bits per heavy atom. The van der Waals surface area contributed by atoms with Crippen LogP contribution in [0.25, 0.3) is 6.08 Å². The molecule has 0 N–H and O–H groups in total. The highest BCUT2D eigenvalue weighted by molar-refractivity contribution is 5.51.